The molecule has 0 spiro atoms. The summed E-state index contributed by atoms with van der Waals surface area (Å²) in [5, 5.41) is 5.45. The van der Waals surface area contributed by atoms with Crippen LogP contribution >= 0.6 is 0 Å². The zero-order chi connectivity index (χ0) is 28.3. The van der Waals surface area contributed by atoms with Crippen molar-refractivity contribution in [2.75, 3.05) is 19.7 Å². The highest BCUT2D eigenvalue weighted by molar-refractivity contribution is 5.92. The van der Waals surface area contributed by atoms with Gasteiger partial charge in [0.2, 0.25) is 11.8 Å². The molecule has 0 aliphatic carbocycles. The number of benzene rings is 1. The van der Waals surface area contributed by atoms with Crippen LogP contribution < -0.4 is 10.6 Å². The van der Waals surface area contributed by atoms with E-state index in [-0.39, 0.29) is 32.0 Å². The second-order valence-electron chi connectivity index (χ2n) is 10.2. The van der Waals surface area contributed by atoms with Gasteiger partial charge < -0.3 is 25.0 Å². The third-order valence-electron chi connectivity index (χ3n) is 5.65. The molecule has 0 heterocycles. The number of amides is 3. The third-order valence-corrected chi connectivity index (χ3v) is 5.65. The lowest BCUT2D eigenvalue weighted by Crippen LogP contribution is -2.55. The van der Waals surface area contributed by atoms with Crippen molar-refractivity contribution in [3.8, 4) is 0 Å². The summed E-state index contributed by atoms with van der Waals surface area (Å²) in [6.07, 6.45) is 0.816. The first-order valence-electron chi connectivity index (χ1n) is 12.6. The topological polar surface area (TPSA) is 114 Å². The predicted molar refractivity (Wildman–Crippen MR) is 143 cm³/mol. The number of carbonyl (C=O) groups is 4. The van der Waals surface area contributed by atoms with E-state index in [2.05, 4.69) is 17.2 Å². The minimum absolute atomic E-state index is 0.00330. The van der Waals surface area contributed by atoms with Crippen LogP contribution in [0, 0.1) is 19.8 Å². The number of rotatable bonds is 12. The van der Waals surface area contributed by atoms with Crippen LogP contribution in [0.25, 0.3) is 0 Å². The number of ether oxygens (including phenoxy) is 2. The standard InChI is InChI=1S/C28H43N3O6/c1-10-17-31(26(34)23(18(3)4)30-27(35)37-28(7,8)9)24(21-14-12-13-19(5)20(21)6)25(33)29-16-15-22(32)36-11-2/h10,12-14,18,23-24H,1,11,15-17H2,2-9H3,(H,29,33)(H,30,35). The Hall–Kier alpha value is -3.36. The van der Waals surface area contributed by atoms with Crippen molar-refractivity contribution in [3.05, 3.63) is 47.5 Å². The maximum atomic E-state index is 13.9. The van der Waals surface area contributed by atoms with Crippen molar-refractivity contribution in [2.24, 2.45) is 5.92 Å². The summed E-state index contributed by atoms with van der Waals surface area (Å²) in [5.74, 6) is -1.62. The van der Waals surface area contributed by atoms with Gasteiger partial charge in [0, 0.05) is 13.1 Å². The highest BCUT2D eigenvalue weighted by atomic mass is 16.6. The highest BCUT2D eigenvalue weighted by Crippen LogP contribution is 2.28. The molecule has 0 fully saturated rings. The number of nitrogens with one attached hydrogen (secondary N) is 2. The fourth-order valence-corrected chi connectivity index (χ4v) is 3.73. The Labute approximate surface area is 221 Å². The van der Waals surface area contributed by atoms with Crippen LogP contribution in [0.1, 0.15) is 70.7 Å². The molecule has 3 amide bonds. The lowest BCUT2D eigenvalue weighted by atomic mass is 9.94. The van der Waals surface area contributed by atoms with E-state index in [1.807, 2.05) is 26.0 Å². The van der Waals surface area contributed by atoms with Crippen molar-refractivity contribution in [3.63, 3.8) is 0 Å². The van der Waals surface area contributed by atoms with Crippen molar-refractivity contribution in [2.45, 2.75) is 79.5 Å². The van der Waals surface area contributed by atoms with E-state index >= 15 is 0 Å². The van der Waals surface area contributed by atoms with Gasteiger partial charge >= 0.3 is 12.1 Å². The summed E-state index contributed by atoms with van der Waals surface area (Å²) >= 11 is 0. The average molecular weight is 518 g/mol. The van der Waals surface area contributed by atoms with Gasteiger partial charge in [-0.05, 0) is 64.2 Å². The van der Waals surface area contributed by atoms with Gasteiger partial charge in [0.1, 0.15) is 17.7 Å². The van der Waals surface area contributed by atoms with Crippen LogP contribution in [0.4, 0.5) is 4.79 Å². The molecule has 0 saturated heterocycles. The van der Waals surface area contributed by atoms with Gasteiger partial charge in [0.05, 0.1) is 13.0 Å². The van der Waals surface area contributed by atoms with Crippen molar-refractivity contribution >= 4 is 23.9 Å². The number of aryl methyl sites for hydroxylation is 1. The molecule has 2 atom stereocenters. The Morgan fingerprint density at radius 1 is 1.14 bits per heavy atom. The summed E-state index contributed by atoms with van der Waals surface area (Å²) in [6.45, 7) is 18.5. The molecule has 0 aliphatic rings. The fourth-order valence-electron chi connectivity index (χ4n) is 3.73. The molecular formula is C28H43N3O6. The van der Waals surface area contributed by atoms with Crippen LogP contribution in [-0.4, -0.2) is 60.1 Å². The van der Waals surface area contributed by atoms with Gasteiger partial charge in [-0.3, -0.25) is 14.4 Å². The van der Waals surface area contributed by atoms with Crippen LogP contribution in [-0.2, 0) is 23.9 Å². The zero-order valence-corrected chi connectivity index (χ0v) is 23.5. The Balaban J connectivity index is 3.42. The molecule has 9 nitrogen and oxygen atoms in total. The Kier molecular flexibility index (Phi) is 12.3. The number of alkyl carbamates (subject to hydrolysis) is 1. The quantitative estimate of drug-likeness (QED) is 0.320. The third kappa shape index (κ3) is 9.90. The highest BCUT2D eigenvalue weighted by Gasteiger charge is 2.37. The van der Waals surface area contributed by atoms with Crippen LogP contribution in [0.15, 0.2) is 30.9 Å². The van der Waals surface area contributed by atoms with Crippen LogP contribution in [0.5, 0.6) is 0 Å². The van der Waals surface area contributed by atoms with E-state index in [0.717, 1.165) is 11.1 Å². The minimum atomic E-state index is -1.02. The monoisotopic (exact) mass is 517 g/mol. The Bertz CT molecular complexity index is 967. The largest absolute Gasteiger partial charge is 0.466 e. The van der Waals surface area contributed by atoms with Crippen LogP contribution in [0.2, 0.25) is 0 Å². The van der Waals surface area contributed by atoms with Crippen molar-refractivity contribution < 1.29 is 28.7 Å². The summed E-state index contributed by atoms with van der Waals surface area (Å²) in [4.78, 5) is 53.2. The summed E-state index contributed by atoms with van der Waals surface area (Å²) < 4.78 is 10.3. The van der Waals surface area contributed by atoms with Gasteiger partial charge in [-0.2, -0.15) is 0 Å². The molecule has 2 unspecified atom stereocenters. The molecule has 1 rings (SSSR count). The van der Waals surface area contributed by atoms with E-state index < -0.39 is 41.6 Å². The predicted octanol–water partition coefficient (Wildman–Crippen LogP) is 3.98. The van der Waals surface area contributed by atoms with Gasteiger partial charge in [-0.25, -0.2) is 4.79 Å². The van der Waals surface area contributed by atoms with Crippen molar-refractivity contribution in [1.29, 1.82) is 0 Å². The number of nitrogens with zero attached hydrogens (tertiary/aromatic N) is 1. The van der Waals surface area contributed by atoms with Crippen LogP contribution in [0.3, 0.4) is 0 Å². The molecule has 37 heavy (non-hydrogen) atoms. The minimum Gasteiger partial charge on any atom is -0.466 e. The molecule has 0 bridgehead atoms. The molecular weight excluding hydrogens is 474 g/mol. The van der Waals surface area contributed by atoms with Crippen molar-refractivity contribution in [1.82, 2.24) is 15.5 Å². The Morgan fingerprint density at radius 3 is 2.32 bits per heavy atom. The van der Waals surface area contributed by atoms with E-state index in [1.54, 1.807) is 47.6 Å². The second-order valence-corrected chi connectivity index (χ2v) is 10.2. The lowest BCUT2D eigenvalue weighted by molar-refractivity contribution is -0.144. The number of hydrogen-bond acceptors (Lipinski definition) is 6. The molecule has 0 saturated carbocycles. The first-order chi connectivity index (χ1) is 17.2. The summed E-state index contributed by atoms with van der Waals surface area (Å²) in [7, 11) is 0. The first-order valence-corrected chi connectivity index (χ1v) is 12.6. The molecule has 0 radical (unpaired) electrons. The maximum absolute atomic E-state index is 13.9. The fraction of sp³-hybridized carbons (Fsp3) is 0.571. The van der Waals surface area contributed by atoms with E-state index in [4.69, 9.17) is 9.47 Å². The SMILES string of the molecule is C=CCN(C(=O)C(NC(=O)OC(C)(C)C)C(C)C)C(C(=O)NCCC(=O)OCC)c1cccc(C)c1C. The molecule has 0 aromatic heterocycles. The zero-order valence-electron chi connectivity index (χ0n) is 23.5. The van der Waals surface area contributed by atoms with Gasteiger partial charge in [-0.15, -0.1) is 6.58 Å². The number of esters is 1. The summed E-state index contributed by atoms with van der Waals surface area (Å²) in [6, 6.07) is 3.58. The lowest BCUT2D eigenvalue weighted by Gasteiger charge is -2.35. The normalized spacial score (nSPS) is 12.8. The molecule has 206 valence electrons. The summed E-state index contributed by atoms with van der Waals surface area (Å²) in [5.41, 5.74) is 1.72. The Morgan fingerprint density at radius 2 is 1.78 bits per heavy atom. The molecule has 0 aliphatic heterocycles. The molecule has 1 aromatic rings. The molecule has 9 heteroatoms. The first kappa shape index (κ1) is 31.7. The molecule has 1 aromatic carbocycles. The smallest absolute Gasteiger partial charge is 0.408 e. The maximum Gasteiger partial charge on any atom is 0.408 e. The van der Waals surface area contributed by atoms with E-state index in [1.165, 1.54) is 11.0 Å². The van der Waals surface area contributed by atoms with Gasteiger partial charge in [0.25, 0.3) is 0 Å². The van der Waals surface area contributed by atoms with E-state index in [9.17, 15) is 19.2 Å². The van der Waals surface area contributed by atoms with Gasteiger partial charge in [-0.1, -0.05) is 38.1 Å². The van der Waals surface area contributed by atoms with Gasteiger partial charge in [0.15, 0.2) is 0 Å². The van der Waals surface area contributed by atoms with E-state index in [0.29, 0.717) is 5.56 Å². The number of hydrogen-bond donors (Lipinski definition) is 2. The second kappa shape index (κ2) is 14.4. The average Bonchev–Trinajstić information content (AvgIpc) is 2.78. The number of carbonyl (C=O) groups excluding carboxylic acids is 4. The molecule has 2 N–H and O–H groups in total.